The van der Waals surface area contributed by atoms with Crippen LogP contribution in [0.1, 0.15) is 87.9 Å². The van der Waals surface area contributed by atoms with Crippen molar-refractivity contribution in [3.05, 3.63) is 59.7 Å². The molecule has 0 saturated heterocycles. The molecule has 7 heteroatoms. The zero-order valence-corrected chi connectivity index (χ0v) is 24.7. The highest BCUT2D eigenvalue weighted by Crippen LogP contribution is 2.61. The molecule has 3 aromatic rings. The Kier molecular flexibility index (Phi) is 5.45. The lowest BCUT2D eigenvalue weighted by atomic mass is 9.81. The van der Waals surface area contributed by atoms with E-state index < -0.39 is 24.8 Å². The maximum Gasteiger partial charge on any atom is 0.471 e. The van der Waals surface area contributed by atoms with Crippen molar-refractivity contribution in [2.24, 2.45) is 5.41 Å². The summed E-state index contributed by atoms with van der Waals surface area (Å²) in [6, 6.07) is 14.8. The summed E-state index contributed by atoms with van der Waals surface area (Å²) in [4.78, 5) is 29.7. The second kappa shape index (κ2) is 8.12. The highest BCUT2D eigenvalue weighted by atomic mass is 32.2. The maximum atomic E-state index is 14.4. The zero-order chi connectivity index (χ0) is 27.3. The molecule has 3 aliphatic rings. The fourth-order valence-electron chi connectivity index (χ4n) is 6.99. The van der Waals surface area contributed by atoms with Crippen LogP contribution in [0.25, 0.3) is 10.8 Å². The molecule has 1 heterocycles. The van der Waals surface area contributed by atoms with Crippen molar-refractivity contribution < 1.29 is 22.6 Å². The lowest BCUT2D eigenvalue weighted by Gasteiger charge is -2.50. The van der Waals surface area contributed by atoms with Crippen LogP contribution >= 0.6 is 0 Å². The summed E-state index contributed by atoms with van der Waals surface area (Å²) < 4.78 is 28.2. The molecule has 0 bridgehead atoms. The van der Waals surface area contributed by atoms with E-state index in [1.165, 1.54) is 0 Å². The summed E-state index contributed by atoms with van der Waals surface area (Å²) >= 11 is 0. The second-order valence-corrected chi connectivity index (χ2v) is 19.0. The first kappa shape index (κ1) is 25.5. The van der Waals surface area contributed by atoms with Crippen molar-refractivity contribution in [2.45, 2.75) is 87.1 Å². The molecule has 1 atom stereocenters. The van der Waals surface area contributed by atoms with Crippen molar-refractivity contribution >= 4 is 41.7 Å². The van der Waals surface area contributed by atoms with Crippen LogP contribution in [-0.2, 0) is 10.8 Å². The molecule has 3 aromatic carbocycles. The van der Waals surface area contributed by atoms with E-state index in [9.17, 15) is 13.8 Å². The van der Waals surface area contributed by atoms with Crippen molar-refractivity contribution in [1.82, 2.24) is 0 Å². The Morgan fingerprint density at radius 2 is 1.39 bits per heavy atom. The van der Waals surface area contributed by atoms with E-state index >= 15 is 0 Å². The Hall–Kier alpha value is -2.77. The van der Waals surface area contributed by atoms with Crippen molar-refractivity contribution in [2.75, 3.05) is 0 Å². The molecule has 1 spiro atoms. The van der Waals surface area contributed by atoms with E-state index in [0.717, 1.165) is 12.8 Å². The summed E-state index contributed by atoms with van der Waals surface area (Å²) in [6.07, 6.45) is 2.71. The average Bonchev–Trinajstić information content (AvgIpc) is 3.44. The minimum Gasteiger partial charge on any atom is -0.511 e. The van der Waals surface area contributed by atoms with E-state index in [0.29, 0.717) is 56.0 Å². The first-order valence-electron chi connectivity index (χ1n) is 13.4. The molecule has 2 aliphatic carbocycles. The van der Waals surface area contributed by atoms with E-state index in [4.69, 9.17) is 8.85 Å². The Balaban J connectivity index is 1.74. The number of hydrogen-bond acceptors (Lipinski definition) is 5. The van der Waals surface area contributed by atoms with Gasteiger partial charge >= 0.3 is 8.56 Å². The summed E-state index contributed by atoms with van der Waals surface area (Å²) in [6.45, 7) is 12.8. The number of benzene rings is 3. The lowest BCUT2D eigenvalue weighted by Crippen LogP contribution is -2.63. The highest BCUT2D eigenvalue weighted by molar-refractivity contribution is 7.85. The van der Waals surface area contributed by atoms with Gasteiger partial charge in [-0.3, -0.25) is 9.59 Å². The summed E-state index contributed by atoms with van der Waals surface area (Å²) in [5.41, 5.74) is -0.461. The molecule has 1 fully saturated rings. The molecule has 0 amide bonds. The van der Waals surface area contributed by atoms with E-state index in [2.05, 4.69) is 41.5 Å². The van der Waals surface area contributed by atoms with Crippen LogP contribution < -0.4 is 8.85 Å². The summed E-state index contributed by atoms with van der Waals surface area (Å²) in [7, 11) is -4.78. The van der Waals surface area contributed by atoms with Gasteiger partial charge in [-0.05, 0) is 31.0 Å². The third kappa shape index (κ3) is 3.18. The van der Waals surface area contributed by atoms with Gasteiger partial charge in [-0.1, -0.05) is 84.7 Å². The van der Waals surface area contributed by atoms with Gasteiger partial charge in [0.25, 0.3) is 0 Å². The summed E-state index contributed by atoms with van der Waals surface area (Å²) in [5, 5.41) is 0.610. The molecular formula is C31H34O5SSi. The van der Waals surface area contributed by atoms with Crippen LogP contribution in [0.2, 0.25) is 10.1 Å². The number of fused-ring (bicyclic) bond motifs is 2. The molecule has 0 aromatic heterocycles. The summed E-state index contributed by atoms with van der Waals surface area (Å²) in [5.74, 6) is 0.749. The van der Waals surface area contributed by atoms with E-state index in [1.807, 2.05) is 36.4 Å². The number of rotatable bonds is 2. The Bertz CT molecular complexity index is 1520. The Labute approximate surface area is 227 Å². The van der Waals surface area contributed by atoms with Gasteiger partial charge in [0.15, 0.2) is 11.6 Å². The number of carbonyl (C=O) groups is 2. The molecule has 6 rings (SSSR count). The van der Waals surface area contributed by atoms with Gasteiger partial charge in [-0.25, -0.2) is 4.21 Å². The van der Waals surface area contributed by atoms with Crippen LogP contribution in [0, 0.1) is 5.41 Å². The first-order chi connectivity index (χ1) is 17.8. The quantitative estimate of drug-likeness (QED) is 0.243. The number of Topliss-reactive ketones (excluding diaryl/α,β-unsaturated/α-hetero) is 2. The van der Waals surface area contributed by atoms with Gasteiger partial charge in [-0.2, -0.15) is 0 Å². The molecule has 1 aliphatic heterocycles. The molecule has 5 nitrogen and oxygen atoms in total. The molecule has 38 heavy (non-hydrogen) atoms. The SMILES string of the molecule is CC(C)(C)[Si]1(C(C)(C)C)Oc2cccc3c(S(=O)c4ccccc4)c4c(c(c23)O1)C(=O)C1(CCCC1)C4=O. The molecule has 1 unspecified atom stereocenters. The zero-order valence-electron chi connectivity index (χ0n) is 22.9. The van der Waals surface area contributed by atoms with Crippen LogP contribution in [0.15, 0.2) is 58.3 Å². The standard InChI is InChI=1S/C31H34O5SSi/c1-29(2,3)38(30(4,5)6)35-21-16-12-15-20-22(21)25(36-38)23-24(26(20)37(34)19-13-8-7-9-14-19)28(33)31(27(23)32)17-10-11-18-31/h7-9,12-16H,10-11,17-18H2,1-6H3. The minimum absolute atomic E-state index is 0.166. The second-order valence-electron chi connectivity index (χ2n) is 12.9. The Morgan fingerprint density at radius 1 is 0.789 bits per heavy atom. The van der Waals surface area contributed by atoms with Gasteiger partial charge in [-0.15, -0.1) is 0 Å². The predicted octanol–water partition coefficient (Wildman–Crippen LogP) is 7.76. The predicted molar refractivity (Wildman–Crippen MR) is 151 cm³/mol. The number of hydrogen-bond donors (Lipinski definition) is 0. The normalized spacial score (nSPS) is 20.4. The smallest absolute Gasteiger partial charge is 0.471 e. The van der Waals surface area contributed by atoms with E-state index in [-0.39, 0.29) is 21.6 Å². The van der Waals surface area contributed by atoms with Crippen molar-refractivity contribution in [3.63, 3.8) is 0 Å². The van der Waals surface area contributed by atoms with Crippen LogP contribution in [0.4, 0.5) is 0 Å². The lowest BCUT2D eigenvalue weighted by molar-refractivity contribution is 0.0704. The van der Waals surface area contributed by atoms with Crippen LogP contribution in [0.5, 0.6) is 11.5 Å². The van der Waals surface area contributed by atoms with E-state index in [1.54, 1.807) is 12.1 Å². The maximum absolute atomic E-state index is 14.4. The largest absolute Gasteiger partial charge is 0.511 e. The molecule has 0 N–H and O–H groups in total. The van der Waals surface area contributed by atoms with Gasteiger partial charge in [0, 0.05) is 20.4 Å². The molecular weight excluding hydrogens is 512 g/mol. The number of carbonyl (C=O) groups excluding carboxylic acids is 2. The highest BCUT2D eigenvalue weighted by Gasteiger charge is 2.65. The molecule has 1 saturated carbocycles. The van der Waals surface area contributed by atoms with Crippen molar-refractivity contribution in [3.8, 4) is 11.5 Å². The number of ketones is 2. The van der Waals surface area contributed by atoms with Gasteiger partial charge in [0.05, 0.1) is 37.6 Å². The molecule has 198 valence electrons. The average molecular weight is 547 g/mol. The third-order valence-electron chi connectivity index (χ3n) is 8.60. The monoisotopic (exact) mass is 546 g/mol. The van der Waals surface area contributed by atoms with Crippen molar-refractivity contribution in [1.29, 1.82) is 0 Å². The van der Waals surface area contributed by atoms with Gasteiger partial charge < -0.3 is 8.85 Å². The molecule has 0 radical (unpaired) electrons. The third-order valence-corrected chi connectivity index (χ3v) is 15.0. The van der Waals surface area contributed by atoms with Crippen LogP contribution in [0.3, 0.4) is 0 Å². The first-order valence-corrected chi connectivity index (χ1v) is 16.4. The van der Waals surface area contributed by atoms with Gasteiger partial charge in [0.2, 0.25) is 0 Å². The van der Waals surface area contributed by atoms with Gasteiger partial charge in [0.1, 0.15) is 11.5 Å². The Morgan fingerprint density at radius 3 is 2.00 bits per heavy atom. The fourth-order valence-corrected chi connectivity index (χ4v) is 12.9. The topological polar surface area (TPSA) is 69.7 Å². The van der Waals surface area contributed by atoms with Crippen LogP contribution in [-0.4, -0.2) is 24.3 Å². The minimum atomic E-state index is -3.11. The fraction of sp³-hybridized carbons (Fsp3) is 0.419.